The van der Waals surface area contributed by atoms with Crippen LogP contribution in [0, 0.1) is 13.8 Å². The number of rotatable bonds is 3. The van der Waals surface area contributed by atoms with Gasteiger partial charge in [0.05, 0.1) is 9.92 Å². The van der Waals surface area contributed by atoms with Gasteiger partial charge in [-0.15, -0.1) is 0 Å². The number of aryl methyl sites for hydroxylation is 2. The fraction of sp³-hybridized carbons (Fsp3) is 0.125. The van der Waals surface area contributed by atoms with Crippen molar-refractivity contribution in [2.45, 2.75) is 18.7 Å². The van der Waals surface area contributed by atoms with Crippen molar-refractivity contribution in [1.82, 2.24) is 8.96 Å². The van der Waals surface area contributed by atoms with Crippen LogP contribution in [0.3, 0.4) is 0 Å². The van der Waals surface area contributed by atoms with Crippen molar-refractivity contribution in [1.29, 1.82) is 0 Å². The van der Waals surface area contributed by atoms with Gasteiger partial charge in [0.25, 0.3) is 10.0 Å². The number of hydrogen-bond acceptors (Lipinski definition) is 4. The third-order valence-electron chi connectivity index (χ3n) is 3.64. The van der Waals surface area contributed by atoms with E-state index in [1.165, 1.54) is 12.1 Å². The van der Waals surface area contributed by atoms with E-state index in [2.05, 4.69) is 4.98 Å². The molecule has 6 nitrogen and oxygen atoms in total. The highest BCUT2D eigenvalue weighted by Crippen LogP contribution is 2.30. The number of halogens is 1. The highest BCUT2D eigenvalue weighted by Gasteiger charge is 2.29. The third-order valence-corrected chi connectivity index (χ3v) is 5.82. The van der Waals surface area contributed by atoms with E-state index in [0.29, 0.717) is 11.3 Å². The molecule has 0 unspecified atom stereocenters. The summed E-state index contributed by atoms with van der Waals surface area (Å²) in [5.74, 6) is -1.38. The van der Waals surface area contributed by atoms with Gasteiger partial charge < -0.3 is 5.11 Å². The molecule has 8 heteroatoms. The minimum Gasteiger partial charge on any atom is -0.477 e. The Kier molecular flexibility index (Phi) is 3.85. The van der Waals surface area contributed by atoms with Crippen molar-refractivity contribution in [3.05, 3.63) is 58.4 Å². The Bertz CT molecular complexity index is 1090. The first-order valence-electron chi connectivity index (χ1n) is 6.96. The Labute approximate surface area is 143 Å². The van der Waals surface area contributed by atoms with E-state index >= 15 is 0 Å². The van der Waals surface area contributed by atoms with Gasteiger partial charge in [-0.3, -0.25) is 0 Å². The molecule has 1 N–H and O–H groups in total. The molecule has 2 heterocycles. The molecule has 3 aromatic rings. The van der Waals surface area contributed by atoms with Gasteiger partial charge in [0.1, 0.15) is 5.69 Å². The Morgan fingerprint density at radius 1 is 1.21 bits per heavy atom. The van der Waals surface area contributed by atoms with Crippen molar-refractivity contribution in [3.8, 4) is 0 Å². The zero-order chi connectivity index (χ0) is 17.6. The van der Waals surface area contributed by atoms with Crippen LogP contribution in [0.1, 0.15) is 21.7 Å². The van der Waals surface area contributed by atoms with Crippen molar-refractivity contribution < 1.29 is 18.3 Å². The maximum absolute atomic E-state index is 13.1. The number of aromatic carboxylic acids is 1. The summed E-state index contributed by atoms with van der Waals surface area (Å²) in [5.41, 5.74) is 0.590. The molecule has 124 valence electrons. The number of carboxylic acid groups (broad SMARTS) is 1. The predicted molar refractivity (Wildman–Crippen MR) is 90.2 cm³/mol. The molecule has 0 radical (unpaired) electrons. The summed E-state index contributed by atoms with van der Waals surface area (Å²) in [6, 6.07) is 9.14. The molecule has 0 saturated carbocycles. The molecule has 0 spiro atoms. The zero-order valence-electron chi connectivity index (χ0n) is 12.8. The van der Waals surface area contributed by atoms with Gasteiger partial charge in [0.15, 0.2) is 5.65 Å². The van der Waals surface area contributed by atoms with Gasteiger partial charge in [-0.2, -0.15) is 0 Å². The van der Waals surface area contributed by atoms with E-state index in [-0.39, 0.29) is 21.0 Å². The highest BCUT2D eigenvalue weighted by atomic mass is 35.5. The van der Waals surface area contributed by atoms with E-state index in [4.69, 9.17) is 11.6 Å². The first kappa shape index (κ1) is 16.5. The maximum Gasteiger partial charge on any atom is 0.353 e. The number of carboxylic acids is 1. The van der Waals surface area contributed by atoms with E-state index in [9.17, 15) is 18.3 Å². The standard InChI is InChI=1S/C16H13ClN2O4S/c1-9-5-3-4-6-14(9)24(22,23)19-13(16(20)21)8-11-12(17)7-10(2)18-15(11)19/h3-8H,1-2H3,(H,20,21). The van der Waals surface area contributed by atoms with Crippen molar-refractivity contribution >= 4 is 38.6 Å². The second-order valence-corrected chi connectivity index (χ2v) is 7.51. The SMILES string of the molecule is Cc1cc(Cl)c2cc(C(=O)O)n(S(=O)(=O)c3ccccc3C)c2n1. The average molecular weight is 365 g/mol. The first-order chi connectivity index (χ1) is 11.2. The van der Waals surface area contributed by atoms with Crippen LogP contribution in [-0.4, -0.2) is 28.5 Å². The Morgan fingerprint density at radius 3 is 2.50 bits per heavy atom. The van der Waals surface area contributed by atoms with Gasteiger partial charge in [-0.25, -0.2) is 22.2 Å². The highest BCUT2D eigenvalue weighted by molar-refractivity contribution is 7.90. The number of nitrogens with zero attached hydrogens (tertiary/aromatic N) is 2. The molecule has 0 aliphatic heterocycles. The van der Waals surface area contributed by atoms with Crippen LogP contribution in [0.4, 0.5) is 0 Å². The smallest absolute Gasteiger partial charge is 0.353 e. The van der Waals surface area contributed by atoms with Gasteiger partial charge in [0, 0.05) is 11.1 Å². The van der Waals surface area contributed by atoms with Gasteiger partial charge >= 0.3 is 5.97 Å². The Hall–Kier alpha value is -2.38. The monoisotopic (exact) mass is 364 g/mol. The lowest BCUT2D eigenvalue weighted by Gasteiger charge is -2.11. The summed E-state index contributed by atoms with van der Waals surface area (Å²) in [6.07, 6.45) is 0. The van der Waals surface area contributed by atoms with Crippen LogP contribution >= 0.6 is 11.6 Å². The lowest BCUT2D eigenvalue weighted by Crippen LogP contribution is -2.19. The van der Waals surface area contributed by atoms with Crippen LogP contribution in [-0.2, 0) is 10.0 Å². The molecule has 0 aliphatic rings. The Balaban J connectivity index is 2.47. The number of pyridine rings is 1. The second-order valence-electron chi connectivity index (χ2n) is 5.35. The summed E-state index contributed by atoms with van der Waals surface area (Å²) in [4.78, 5) is 15.8. The molecule has 0 bridgehead atoms. The largest absolute Gasteiger partial charge is 0.477 e. The van der Waals surface area contributed by atoms with Crippen molar-refractivity contribution in [2.24, 2.45) is 0 Å². The fourth-order valence-electron chi connectivity index (χ4n) is 2.56. The number of aromatic nitrogens is 2. The van der Waals surface area contributed by atoms with Crippen LogP contribution in [0.25, 0.3) is 11.0 Å². The predicted octanol–water partition coefficient (Wildman–Crippen LogP) is 3.24. The molecule has 3 rings (SSSR count). The minimum absolute atomic E-state index is 0.000605. The van der Waals surface area contributed by atoms with Crippen LogP contribution < -0.4 is 0 Å². The molecular weight excluding hydrogens is 352 g/mol. The van der Waals surface area contributed by atoms with Gasteiger partial charge in [-0.05, 0) is 37.6 Å². The quantitative estimate of drug-likeness (QED) is 0.770. The topological polar surface area (TPSA) is 89.3 Å². The molecule has 24 heavy (non-hydrogen) atoms. The van der Waals surface area contributed by atoms with Crippen molar-refractivity contribution in [3.63, 3.8) is 0 Å². The van der Waals surface area contributed by atoms with Crippen LogP contribution in [0.2, 0.25) is 5.02 Å². The number of hydrogen-bond donors (Lipinski definition) is 1. The van der Waals surface area contributed by atoms with E-state index in [1.807, 2.05) is 0 Å². The summed E-state index contributed by atoms with van der Waals surface area (Å²) < 4.78 is 26.9. The van der Waals surface area contributed by atoms with E-state index in [1.54, 1.807) is 38.1 Å². The van der Waals surface area contributed by atoms with E-state index in [0.717, 1.165) is 3.97 Å². The first-order valence-corrected chi connectivity index (χ1v) is 8.78. The molecule has 0 saturated heterocycles. The van der Waals surface area contributed by atoms with E-state index < -0.39 is 21.7 Å². The number of fused-ring (bicyclic) bond motifs is 1. The maximum atomic E-state index is 13.1. The fourth-order valence-corrected chi connectivity index (χ4v) is 4.54. The molecule has 1 aromatic carbocycles. The summed E-state index contributed by atoms with van der Waals surface area (Å²) in [6.45, 7) is 3.30. The molecule has 2 aromatic heterocycles. The zero-order valence-corrected chi connectivity index (χ0v) is 14.4. The molecule has 0 aliphatic carbocycles. The molecular formula is C16H13ClN2O4S. The molecule has 0 atom stereocenters. The van der Waals surface area contributed by atoms with Crippen molar-refractivity contribution in [2.75, 3.05) is 0 Å². The Morgan fingerprint density at radius 2 is 1.88 bits per heavy atom. The normalized spacial score (nSPS) is 11.8. The minimum atomic E-state index is -4.15. The lowest BCUT2D eigenvalue weighted by atomic mass is 10.2. The van der Waals surface area contributed by atoms with Gasteiger partial charge in [-0.1, -0.05) is 29.8 Å². The molecule has 0 fully saturated rings. The third kappa shape index (κ3) is 2.46. The number of benzene rings is 1. The molecule has 0 amide bonds. The van der Waals surface area contributed by atoms with Crippen LogP contribution in [0.5, 0.6) is 0 Å². The summed E-state index contributed by atoms with van der Waals surface area (Å²) in [7, 11) is -4.15. The second kappa shape index (κ2) is 5.61. The van der Waals surface area contributed by atoms with Gasteiger partial charge in [0.2, 0.25) is 0 Å². The lowest BCUT2D eigenvalue weighted by molar-refractivity contribution is 0.0689. The summed E-state index contributed by atoms with van der Waals surface area (Å²) >= 11 is 6.14. The average Bonchev–Trinajstić information content (AvgIpc) is 2.88. The van der Waals surface area contributed by atoms with Crippen LogP contribution in [0.15, 0.2) is 41.3 Å². The summed E-state index contributed by atoms with van der Waals surface area (Å²) in [5, 5.41) is 9.97. The number of carbonyl (C=O) groups is 1.